The van der Waals surface area contributed by atoms with Gasteiger partial charge in [0.05, 0.1) is 6.54 Å². The number of amides is 2. The lowest BCUT2D eigenvalue weighted by Crippen LogP contribution is -2.51. The van der Waals surface area contributed by atoms with Crippen LogP contribution in [-0.4, -0.2) is 41.0 Å². The summed E-state index contributed by atoms with van der Waals surface area (Å²) < 4.78 is 0. The zero-order chi connectivity index (χ0) is 13.3. The maximum Gasteiger partial charge on any atom is 0.254 e. The van der Waals surface area contributed by atoms with Crippen LogP contribution in [0.5, 0.6) is 0 Å². The van der Waals surface area contributed by atoms with Crippen molar-refractivity contribution in [2.75, 3.05) is 13.6 Å². The summed E-state index contributed by atoms with van der Waals surface area (Å²) in [6, 6.07) is 7.30. The molecule has 1 unspecified atom stereocenters. The minimum atomic E-state index is -1.58. The van der Waals surface area contributed by atoms with Gasteiger partial charge in [0.15, 0.2) is 5.60 Å². The third-order valence-corrected chi connectivity index (χ3v) is 3.11. The van der Waals surface area contributed by atoms with Crippen molar-refractivity contribution in [2.24, 2.45) is 0 Å². The monoisotopic (exact) mass is 248 g/mol. The Morgan fingerprint density at radius 2 is 2.17 bits per heavy atom. The van der Waals surface area contributed by atoms with Gasteiger partial charge < -0.3 is 15.3 Å². The second-order valence-electron chi connectivity index (χ2n) is 4.67. The minimum Gasteiger partial charge on any atom is -0.378 e. The molecule has 2 N–H and O–H groups in total. The van der Waals surface area contributed by atoms with Crippen LogP contribution in [0.2, 0.25) is 0 Å². The maximum absolute atomic E-state index is 12.1. The van der Waals surface area contributed by atoms with Crippen LogP contribution in [0.3, 0.4) is 0 Å². The van der Waals surface area contributed by atoms with Gasteiger partial charge in [-0.25, -0.2) is 0 Å². The second kappa shape index (κ2) is 4.42. The first kappa shape index (κ1) is 12.6. The summed E-state index contributed by atoms with van der Waals surface area (Å²) in [7, 11) is 1.46. The lowest BCUT2D eigenvalue weighted by atomic mass is 10.1. The van der Waals surface area contributed by atoms with Crippen LogP contribution in [-0.2, 0) is 11.3 Å². The van der Waals surface area contributed by atoms with Crippen molar-refractivity contribution in [3.05, 3.63) is 35.4 Å². The van der Waals surface area contributed by atoms with Crippen molar-refractivity contribution in [1.29, 1.82) is 0 Å². The molecule has 96 valence electrons. The fraction of sp³-hybridized carbons (Fsp3) is 0.385. The molecule has 0 fully saturated rings. The summed E-state index contributed by atoms with van der Waals surface area (Å²) in [5.41, 5.74) is -0.00710. The molecule has 5 nitrogen and oxygen atoms in total. The molecule has 0 bridgehead atoms. The first-order valence-corrected chi connectivity index (χ1v) is 5.77. The van der Waals surface area contributed by atoms with E-state index in [2.05, 4.69) is 5.32 Å². The highest BCUT2D eigenvalue weighted by Gasteiger charge is 2.36. The summed E-state index contributed by atoms with van der Waals surface area (Å²) >= 11 is 0. The number of β-amino-alcohol motifs (C(OH)–C–C–N with tert-alkyl or cyclic N) is 1. The van der Waals surface area contributed by atoms with Crippen molar-refractivity contribution in [3.63, 3.8) is 0 Å². The molecule has 1 aliphatic heterocycles. The molecule has 1 heterocycles. The van der Waals surface area contributed by atoms with E-state index in [0.717, 1.165) is 5.56 Å². The van der Waals surface area contributed by atoms with E-state index in [9.17, 15) is 14.7 Å². The number of hydrogen-bond acceptors (Lipinski definition) is 3. The van der Waals surface area contributed by atoms with Crippen LogP contribution in [0, 0.1) is 0 Å². The van der Waals surface area contributed by atoms with Crippen molar-refractivity contribution < 1.29 is 14.7 Å². The average Bonchev–Trinajstić information content (AvgIpc) is 2.65. The van der Waals surface area contributed by atoms with Gasteiger partial charge in [-0.2, -0.15) is 0 Å². The quantitative estimate of drug-likeness (QED) is 0.799. The van der Waals surface area contributed by atoms with Gasteiger partial charge in [0.1, 0.15) is 0 Å². The Balaban J connectivity index is 2.15. The lowest BCUT2D eigenvalue weighted by molar-refractivity contribution is -0.138. The molecule has 18 heavy (non-hydrogen) atoms. The lowest BCUT2D eigenvalue weighted by Gasteiger charge is -2.27. The molecule has 0 aromatic heterocycles. The molecule has 0 saturated heterocycles. The number of nitrogens with one attached hydrogen (secondary N) is 1. The van der Waals surface area contributed by atoms with Gasteiger partial charge in [-0.3, -0.25) is 9.59 Å². The van der Waals surface area contributed by atoms with E-state index in [1.165, 1.54) is 18.9 Å². The smallest absolute Gasteiger partial charge is 0.254 e. The average molecular weight is 248 g/mol. The van der Waals surface area contributed by atoms with E-state index in [0.29, 0.717) is 12.1 Å². The van der Waals surface area contributed by atoms with Gasteiger partial charge in [-0.05, 0) is 18.6 Å². The molecular formula is C13H16N2O3. The topological polar surface area (TPSA) is 69.6 Å². The third kappa shape index (κ3) is 2.09. The summed E-state index contributed by atoms with van der Waals surface area (Å²) in [5.74, 6) is -0.638. The number of likely N-dealkylation sites (N-methyl/N-ethyl adjacent to an activating group) is 1. The molecule has 0 saturated carbocycles. The van der Waals surface area contributed by atoms with Crippen LogP contribution >= 0.6 is 0 Å². The van der Waals surface area contributed by atoms with Crippen LogP contribution in [0.4, 0.5) is 0 Å². The SMILES string of the molecule is CNC(=O)C(C)(O)CN1Cc2ccccc2C1=O. The molecule has 2 amide bonds. The molecule has 5 heteroatoms. The van der Waals surface area contributed by atoms with Crippen LogP contribution < -0.4 is 5.32 Å². The predicted molar refractivity (Wildman–Crippen MR) is 65.9 cm³/mol. The van der Waals surface area contributed by atoms with E-state index in [1.807, 2.05) is 12.1 Å². The summed E-state index contributed by atoms with van der Waals surface area (Å²) in [6.07, 6.45) is 0. The maximum atomic E-state index is 12.1. The predicted octanol–water partition coefficient (Wildman–Crippen LogP) is 0.139. The van der Waals surface area contributed by atoms with Gasteiger partial charge in [0.2, 0.25) is 0 Å². The number of rotatable bonds is 3. The van der Waals surface area contributed by atoms with Crippen molar-refractivity contribution in [2.45, 2.75) is 19.1 Å². The van der Waals surface area contributed by atoms with Crippen LogP contribution in [0.25, 0.3) is 0 Å². The molecule has 1 aromatic rings. The Hall–Kier alpha value is -1.88. The first-order chi connectivity index (χ1) is 8.45. The molecule has 0 spiro atoms. The fourth-order valence-electron chi connectivity index (χ4n) is 2.16. The number of fused-ring (bicyclic) bond motifs is 1. The van der Waals surface area contributed by atoms with Crippen molar-refractivity contribution in [3.8, 4) is 0 Å². The van der Waals surface area contributed by atoms with Crippen LogP contribution in [0.15, 0.2) is 24.3 Å². The van der Waals surface area contributed by atoms with E-state index >= 15 is 0 Å². The van der Waals surface area contributed by atoms with Gasteiger partial charge in [-0.15, -0.1) is 0 Å². The molecule has 2 rings (SSSR count). The zero-order valence-electron chi connectivity index (χ0n) is 10.4. The van der Waals surface area contributed by atoms with Gasteiger partial charge in [0, 0.05) is 19.2 Å². The second-order valence-corrected chi connectivity index (χ2v) is 4.67. The van der Waals surface area contributed by atoms with E-state index < -0.39 is 11.5 Å². The summed E-state index contributed by atoms with van der Waals surface area (Å²) in [6.45, 7) is 1.82. The number of carbonyl (C=O) groups is 2. The summed E-state index contributed by atoms with van der Waals surface area (Å²) in [5, 5.41) is 12.4. The van der Waals surface area contributed by atoms with Crippen LogP contribution in [0.1, 0.15) is 22.8 Å². The number of nitrogens with zero attached hydrogens (tertiary/aromatic N) is 1. The van der Waals surface area contributed by atoms with E-state index in [1.54, 1.807) is 12.1 Å². The Morgan fingerprint density at radius 1 is 1.50 bits per heavy atom. The minimum absolute atomic E-state index is 0.0137. The fourth-order valence-corrected chi connectivity index (χ4v) is 2.16. The number of benzene rings is 1. The Kier molecular flexibility index (Phi) is 3.09. The van der Waals surface area contributed by atoms with Gasteiger partial charge >= 0.3 is 0 Å². The standard InChI is InChI=1S/C13H16N2O3/c1-13(18,12(17)14-2)8-15-7-9-5-3-4-6-10(9)11(15)16/h3-6,18H,7-8H2,1-2H3,(H,14,17). The van der Waals surface area contributed by atoms with Crippen molar-refractivity contribution >= 4 is 11.8 Å². The Morgan fingerprint density at radius 3 is 2.78 bits per heavy atom. The first-order valence-electron chi connectivity index (χ1n) is 5.77. The highest BCUT2D eigenvalue weighted by molar-refractivity contribution is 5.98. The number of hydrogen-bond donors (Lipinski definition) is 2. The third-order valence-electron chi connectivity index (χ3n) is 3.11. The Bertz CT molecular complexity index is 497. The molecule has 1 atom stereocenters. The zero-order valence-corrected chi connectivity index (χ0v) is 10.4. The molecule has 1 aromatic carbocycles. The molecule has 0 radical (unpaired) electrons. The summed E-state index contributed by atoms with van der Waals surface area (Å²) in [4.78, 5) is 25.1. The Labute approximate surface area is 105 Å². The largest absolute Gasteiger partial charge is 0.378 e. The van der Waals surface area contributed by atoms with E-state index in [-0.39, 0.29) is 12.5 Å². The number of carbonyl (C=O) groups excluding carboxylic acids is 2. The normalized spacial score (nSPS) is 17.3. The van der Waals surface area contributed by atoms with E-state index in [4.69, 9.17) is 0 Å². The highest BCUT2D eigenvalue weighted by Crippen LogP contribution is 2.23. The van der Waals surface area contributed by atoms with Gasteiger partial charge in [0.25, 0.3) is 11.8 Å². The van der Waals surface area contributed by atoms with Gasteiger partial charge in [-0.1, -0.05) is 18.2 Å². The molecule has 0 aliphatic carbocycles. The van der Waals surface area contributed by atoms with Crippen molar-refractivity contribution in [1.82, 2.24) is 10.2 Å². The molecular weight excluding hydrogens is 232 g/mol. The number of aliphatic hydroxyl groups is 1. The highest BCUT2D eigenvalue weighted by atomic mass is 16.3. The molecule has 1 aliphatic rings.